The quantitative estimate of drug-likeness (QED) is 0.592. The van der Waals surface area contributed by atoms with Crippen LogP contribution in [0.5, 0.6) is 0 Å². The van der Waals surface area contributed by atoms with Gasteiger partial charge >= 0.3 is 0 Å². The molecule has 27 heavy (non-hydrogen) atoms. The summed E-state index contributed by atoms with van der Waals surface area (Å²) in [5.41, 5.74) is 4.42. The Morgan fingerprint density at radius 1 is 0.926 bits per heavy atom. The van der Waals surface area contributed by atoms with Gasteiger partial charge in [0.05, 0.1) is 5.69 Å². The number of nitrogens with one attached hydrogen (secondary N) is 1. The molecule has 0 aliphatic rings. The lowest BCUT2D eigenvalue weighted by Gasteiger charge is -2.08. The molecule has 5 heteroatoms. The van der Waals surface area contributed by atoms with Crippen molar-refractivity contribution in [1.82, 2.24) is 19.9 Å². The summed E-state index contributed by atoms with van der Waals surface area (Å²) in [5, 5.41) is 2.93. The van der Waals surface area contributed by atoms with E-state index < -0.39 is 0 Å². The van der Waals surface area contributed by atoms with Crippen LogP contribution in [0.3, 0.4) is 0 Å². The molecule has 4 rings (SSSR count). The minimum Gasteiger partial charge on any atom is -0.348 e. The molecule has 0 atom stereocenters. The Labute approximate surface area is 157 Å². The molecule has 132 valence electrons. The molecule has 0 aliphatic heterocycles. The predicted octanol–water partition coefficient (Wildman–Crippen LogP) is 3.86. The molecule has 4 aromatic rings. The molecule has 0 aliphatic carbocycles. The maximum Gasteiger partial charge on any atom is 0.251 e. The molecule has 1 N–H and O–H groups in total. The van der Waals surface area contributed by atoms with Gasteiger partial charge in [-0.15, -0.1) is 0 Å². The third-order valence-electron chi connectivity index (χ3n) is 4.27. The topological polar surface area (TPSA) is 59.8 Å². The molecule has 0 fully saturated rings. The summed E-state index contributed by atoms with van der Waals surface area (Å²) in [6, 6.07) is 19.2. The Morgan fingerprint density at radius 2 is 1.74 bits per heavy atom. The maximum atomic E-state index is 12.4. The molecule has 0 bridgehead atoms. The first kappa shape index (κ1) is 16.7. The lowest BCUT2D eigenvalue weighted by molar-refractivity contribution is 0.0951. The number of carbonyl (C=O) groups excluding carboxylic acids is 1. The number of rotatable bonds is 5. The summed E-state index contributed by atoms with van der Waals surface area (Å²) >= 11 is 0. The number of pyridine rings is 2. The average molecular weight is 354 g/mol. The highest BCUT2D eigenvalue weighted by molar-refractivity contribution is 5.94. The predicted molar refractivity (Wildman–Crippen MR) is 104 cm³/mol. The summed E-state index contributed by atoms with van der Waals surface area (Å²) in [6.07, 6.45) is 9.23. The zero-order valence-electron chi connectivity index (χ0n) is 14.6. The standard InChI is InChI=1S/C22H18N4O/c27-22(18-6-8-20(9-7-18)26-12-1-2-13-26)25-15-17-5-10-21(24-14-17)19-4-3-11-23-16-19/h1-14,16H,15H2,(H,25,27). The third kappa shape index (κ3) is 3.93. The smallest absolute Gasteiger partial charge is 0.251 e. The van der Waals surface area contributed by atoms with Crippen molar-refractivity contribution in [1.29, 1.82) is 0 Å². The molecule has 0 radical (unpaired) electrons. The molecule has 0 saturated heterocycles. The Bertz CT molecular complexity index is 1010. The minimum atomic E-state index is -0.106. The number of carbonyl (C=O) groups is 1. The normalized spacial score (nSPS) is 10.5. The fourth-order valence-electron chi connectivity index (χ4n) is 2.79. The van der Waals surface area contributed by atoms with E-state index in [0.29, 0.717) is 12.1 Å². The molecule has 3 aromatic heterocycles. The van der Waals surface area contributed by atoms with Gasteiger partial charge in [-0.05, 0) is 60.2 Å². The van der Waals surface area contributed by atoms with Crippen molar-refractivity contribution in [2.75, 3.05) is 0 Å². The first-order valence-corrected chi connectivity index (χ1v) is 8.66. The first-order valence-electron chi connectivity index (χ1n) is 8.66. The maximum absolute atomic E-state index is 12.4. The van der Waals surface area contributed by atoms with E-state index in [-0.39, 0.29) is 5.91 Å². The fourth-order valence-corrected chi connectivity index (χ4v) is 2.79. The van der Waals surface area contributed by atoms with Crippen LogP contribution in [-0.2, 0) is 6.54 Å². The molecule has 0 spiro atoms. The zero-order chi connectivity index (χ0) is 18.5. The van der Waals surface area contributed by atoms with Crippen LogP contribution in [0.25, 0.3) is 16.9 Å². The van der Waals surface area contributed by atoms with Crippen LogP contribution in [0.4, 0.5) is 0 Å². The summed E-state index contributed by atoms with van der Waals surface area (Å²) < 4.78 is 2.00. The highest BCUT2D eigenvalue weighted by atomic mass is 16.1. The number of aromatic nitrogens is 3. The molecule has 1 amide bonds. The Balaban J connectivity index is 1.37. The van der Waals surface area contributed by atoms with E-state index in [2.05, 4.69) is 15.3 Å². The van der Waals surface area contributed by atoms with Gasteiger partial charge < -0.3 is 9.88 Å². The van der Waals surface area contributed by atoms with E-state index in [1.807, 2.05) is 77.6 Å². The fraction of sp³-hybridized carbons (Fsp3) is 0.0455. The van der Waals surface area contributed by atoms with E-state index in [4.69, 9.17) is 0 Å². The van der Waals surface area contributed by atoms with Crippen LogP contribution in [0, 0.1) is 0 Å². The number of benzene rings is 1. The van der Waals surface area contributed by atoms with Crippen LogP contribution in [0.1, 0.15) is 15.9 Å². The first-order chi connectivity index (χ1) is 13.3. The van der Waals surface area contributed by atoms with Crippen molar-refractivity contribution >= 4 is 5.91 Å². The van der Waals surface area contributed by atoms with Crippen molar-refractivity contribution in [2.24, 2.45) is 0 Å². The van der Waals surface area contributed by atoms with Gasteiger partial charge in [-0.1, -0.05) is 6.07 Å². The summed E-state index contributed by atoms with van der Waals surface area (Å²) in [4.78, 5) is 20.9. The molecule has 5 nitrogen and oxygen atoms in total. The van der Waals surface area contributed by atoms with Crippen molar-refractivity contribution < 1.29 is 4.79 Å². The van der Waals surface area contributed by atoms with Gasteiger partial charge in [0.2, 0.25) is 0 Å². The van der Waals surface area contributed by atoms with Crippen LogP contribution in [-0.4, -0.2) is 20.4 Å². The lowest BCUT2D eigenvalue weighted by atomic mass is 10.1. The largest absolute Gasteiger partial charge is 0.348 e. The van der Waals surface area contributed by atoms with Crippen molar-refractivity contribution in [3.63, 3.8) is 0 Å². The van der Waals surface area contributed by atoms with Gasteiger partial charge in [0, 0.05) is 54.3 Å². The van der Waals surface area contributed by atoms with E-state index in [9.17, 15) is 4.79 Å². The lowest BCUT2D eigenvalue weighted by Crippen LogP contribution is -2.22. The Morgan fingerprint density at radius 3 is 2.41 bits per heavy atom. The Kier molecular flexibility index (Phi) is 4.74. The highest BCUT2D eigenvalue weighted by Crippen LogP contribution is 2.15. The van der Waals surface area contributed by atoms with E-state index in [0.717, 1.165) is 22.5 Å². The second kappa shape index (κ2) is 7.66. The van der Waals surface area contributed by atoms with Crippen LogP contribution >= 0.6 is 0 Å². The number of hydrogen-bond acceptors (Lipinski definition) is 3. The van der Waals surface area contributed by atoms with Gasteiger partial charge in [-0.25, -0.2) is 0 Å². The molecule has 1 aromatic carbocycles. The van der Waals surface area contributed by atoms with Crippen molar-refractivity contribution in [2.45, 2.75) is 6.54 Å². The van der Waals surface area contributed by atoms with Gasteiger partial charge in [0.15, 0.2) is 0 Å². The van der Waals surface area contributed by atoms with E-state index in [1.165, 1.54) is 0 Å². The molecular formula is C22H18N4O. The van der Waals surface area contributed by atoms with Gasteiger partial charge in [-0.2, -0.15) is 0 Å². The molecule has 0 saturated carbocycles. The van der Waals surface area contributed by atoms with Gasteiger partial charge in [-0.3, -0.25) is 14.8 Å². The molecule has 0 unspecified atom stereocenters. The summed E-state index contributed by atoms with van der Waals surface area (Å²) in [6.45, 7) is 0.429. The second-order valence-corrected chi connectivity index (χ2v) is 6.11. The van der Waals surface area contributed by atoms with Crippen molar-refractivity contribution in [3.8, 4) is 16.9 Å². The SMILES string of the molecule is O=C(NCc1ccc(-c2cccnc2)nc1)c1ccc(-n2cccc2)cc1. The third-order valence-corrected chi connectivity index (χ3v) is 4.27. The monoisotopic (exact) mass is 354 g/mol. The Hall–Kier alpha value is -3.73. The number of hydrogen-bond donors (Lipinski definition) is 1. The number of amides is 1. The summed E-state index contributed by atoms with van der Waals surface area (Å²) in [7, 11) is 0. The van der Waals surface area contributed by atoms with E-state index in [1.54, 1.807) is 18.6 Å². The van der Waals surface area contributed by atoms with Crippen molar-refractivity contribution in [3.05, 3.63) is 103 Å². The molecular weight excluding hydrogens is 336 g/mol. The molecule has 3 heterocycles. The average Bonchev–Trinajstić information content (AvgIpc) is 3.28. The minimum absolute atomic E-state index is 0.106. The van der Waals surface area contributed by atoms with Crippen LogP contribution in [0.2, 0.25) is 0 Å². The van der Waals surface area contributed by atoms with Gasteiger partial charge in [0.25, 0.3) is 5.91 Å². The summed E-state index contributed by atoms with van der Waals surface area (Å²) in [5.74, 6) is -0.106. The second-order valence-electron chi connectivity index (χ2n) is 6.11. The zero-order valence-corrected chi connectivity index (χ0v) is 14.6. The van der Waals surface area contributed by atoms with Crippen LogP contribution < -0.4 is 5.32 Å². The van der Waals surface area contributed by atoms with Gasteiger partial charge in [0.1, 0.15) is 0 Å². The highest BCUT2D eigenvalue weighted by Gasteiger charge is 2.06. The van der Waals surface area contributed by atoms with Crippen LogP contribution in [0.15, 0.2) is 91.6 Å². The van der Waals surface area contributed by atoms with E-state index >= 15 is 0 Å². The number of nitrogens with zero attached hydrogens (tertiary/aromatic N) is 3.